The maximum atomic E-state index is 12.4. The molecular weight excluding hydrogens is 627 g/mol. The van der Waals surface area contributed by atoms with Crippen LogP contribution in [-0.2, 0) is 28.2 Å². The molecule has 0 aromatic rings. The van der Waals surface area contributed by atoms with Crippen molar-refractivity contribution in [2.75, 3.05) is 13.2 Å². The number of phosphoric ester groups is 1. The molecule has 0 heterocycles. The number of hydrogen-bond acceptors (Lipinski definition) is 6. The minimum absolute atomic E-state index is 0.183. The molecule has 1 atom stereocenters. The summed E-state index contributed by atoms with van der Waals surface area (Å²) in [5.74, 6) is -0.909. The van der Waals surface area contributed by atoms with Crippen LogP contribution in [0.15, 0.2) is 24.3 Å². The Labute approximate surface area is 294 Å². The summed E-state index contributed by atoms with van der Waals surface area (Å²) in [5.41, 5.74) is 0. The Morgan fingerprint density at radius 2 is 0.896 bits per heavy atom. The van der Waals surface area contributed by atoms with Gasteiger partial charge in [0.05, 0.1) is 6.61 Å². The highest BCUT2D eigenvalue weighted by molar-refractivity contribution is 7.46. The molecule has 0 aliphatic heterocycles. The smallest absolute Gasteiger partial charge is 0.462 e. The number of esters is 2. The van der Waals surface area contributed by atoms with Crippen LogP contribution in [-0.4, -0.2) is 41.0 Å². The van der Waals surface area contributed by atoms with E-state index in [2.05, 4.69) is 42.7 Å². The van der Waals surface area contributed by atoms with Crippen molar-refractivity contribution >= 4 is 19.8 Å². The van der Waals surface area contributed by atoms with Crippen molar-refractivity contribution in [3.05, 3.63) is 24.3 Å². The van der Waals surface area contributed by atoms with Gasteiger partial charge in [-0.25, -0.2) is 4.57 Å². The molecule has 282 valence electrons. The number of carbonyl (C=O) groups excluding carboxylic acids is 2. The van der Waals surface area contributed by atoms with Crippen LogP contribution in [0.25, 0.3) is 0 Å². The molecule has 0 aromatic heterocycles. The third kappa shape index (κ3) is 37.4. The Balaban J connectivity index is 3.96. The van der Waals surface area contributed by atoms with Gasteiger partial charge in [-0.3, -0.25) is 14.1 Å². The summed E-state index contributed by atoms with van der Waals surface area (Å²) in [7, 11) is -4.75. The summed E-state index contributed by atoms with van der Waals surface area (Å²) in [6.45, 7) is 3.64. The summed E-state index contributed by atoms with van der Waals surface area (Å²) < 4.78 is 26.3. The largest absolute Gasteiger partial charge is 0.469 e. The molecule has 0 radical (unpaired) electrons. The van der Waals surface area contributed by atoms with Gasteiger partial charge in [-0.2, -0.15) is 0 Å². The average molecular weight is 701 g/mol. The highest BCUT2D eigenvalue weighted by Crippen LogP contribution is 2.36. The fourth-order valence-corrected chi connectivity index (χ4v) is 5.83. The van der Waals surface area contributed by atoms with E-state index < -0.39 is 32.5 Å². The van der Waals surface area contributed by atoms with Gasteiger partial charge in [0.15, 0.2) is 6.10 Å². The normalized spacial score (nSPS) is 12.7. The van der Waals surface area contributed by atoms with Gasteiger partial charge < -0.3 is 19.3 Å². The Bertz CT molecular complexity index is 838. The number of allylic oxidation sites excluding steroid dienone is 4. The van der Waals surface area contributed by atoms with Crippen LogP contribution in [0.2, 0.25) is 0 Å². The van der Waals surface area contributed by atoms with Crippen molar-refractivity contribution in [1.82, 2.24) is 0 Å². The van der Waals surface area contributed by atoms with Crippen molar-refractivity contribution in [2.45, 2.75) is 200 Å². The van der Waals surface area contributed by atoms with E-state index in [1.807, 2.05) is 0 Å². The van der Waals surface area contributed by atoms with E-state index >= 15 is 0 Å². The van der Waals surface area contributed by atoms with E-state index in [0.29, 0.717) is 6.42 Å². The van der Waals surface area contributed by atoms with Gasteiger partial charge in [-0.1, -0.05) is 147 Å². The van der Waals surface area contributed by atoms with E-state index in [9.17, 15) is 14.2 Å². The highest BCUT2D eigenvalue weighted by atomic mass is 31.2. The van der Waals surface area contributed by atoms with Crippen LogP contribution in [0.1, 0.15) is 194 Å². The van der Waals surface area contributed by atoms with Crippen LogP contribution in [0.3, 0.4) is 0 Å². The Kier molecular flexibility index (Phi) is 34.3. The molecule has 0 aliphatic rings. The number of unbranched alkanes of at least 4 members (excludes halogenated alkanes) is 22. The predicted molar refractivity (Wildman–Crippen MR) is 198 cm³/mol. The van der Waals surface area contributed by atoms with Gasteiger partial charge in [-0.15, -0.1) is 0 Å². The fourth-order valence-electron chi connectivity index (χ4n) is 5.47. The number of ether oxygens (including phenoxy) is 2. The van der Waals surface area contributed by atoms with Gasteiger partial charge in [0.25, 0.3) is 0 Å². The molecule has 0 bridgehead atoms. The number of phosphoric acid groups is 1. The van der Waals surface area contributed by atoms with E-state index in [1.54, 1.807) is 0 Å². The first kappa shape index (κ1) is 46.5. The minimum Gasteiger partial charge on any atom is -0.462 e. The lowest BCUT2D eigenvalue weighted by Crippen LogP contribution is -2.29. The lowest BCUT2D eigenvalue weighted by Gasteiger charge is -2.18. The first-order valence-corrected chi connectivity index (χ1v) is 21.2. The molecule has 0 unspecified atom stereocenters. The topological polar surface area (TPSA) is 119 Å². The van der Waals surface area contributed by atoms with Crippen molar-refractivity contribution in [2.24, 2.45) is 0 Å². The standard InChI is InChI=1S/C39H73O8P/c1-3-5-7-9-11-13-15-17-19-21-23-25-27-29-31-33-38(40)45-35-37(36-46-48(42,43)44)47-39(41)34-32-30-28-26-24-22-20-18-16-14-12-10-8-6-4-2/h9,11,24,26,37H,3-8,10,12-23,25,27-36H2,1-2H3,(H2,42,43,44)/b11-9+,26-24+/t37-/m1/s1. The third-order valence-corrected chi connectivity index (χ3v) is 8.93. The summed E-state index contributed by atoms with van der Waals surface area (Å²) >= 11 is 0. The zero-order valence-corrected chi connectivity index (χ0v) is 31.8. The van der Waals surface area contributed by atoms with Crippen molar-refractivity contribution in [3.63, 3.8) is 0 Å². The van der Waals surface area contributed by atoms with Gasteiger partial charge in [-0.05, 0) is 57.8 Å². The average Bonchev–Trinajstić information content (AvgIpc) is 3.05. The Morgan fingerprint density at radius 3 is 1.38 bits per heavy atom. The second-order valence-corrected chi connectivity index (χ2v) is 14.5. The highest BCUT2D eigenvalue weighted by Gasteiger charge is 2.22. The quantitative estimate of drug-likeness (QED) is 0.0287. The molecule has 0 rings (SSSR count). The van der Waals surface area contributed by atoms with Crippen molar-refractivity contribution in [1.29, 1.82) is 0 Å². The van der Waals surface area contributed by atoms with E-state index in [4.69, 9.17) is 19.3 Å². The maximum Gasteiger partial charge on any atom is 0.469 e. The molecule has 48 heavy (non-hydrogen) atoms. The van der Waals surface area contributed by atoms with Crippen LogP contribution >= 0.6 is 7.82 Å². The third-order valence-electron chi connectivity index (χ3n) is 8.44. The second-order valence-electron chi connectivity index (χ2n) is 13.2. The summed E-state index contributed by atoms with van der Waals surface area (Å²) in [6.07, 6.45) is 39.0. The molecule has 0 aromatic carbocycles. The molecule has 2 N–H and O–H groups in total. The second kappa shape index (κ2) is 35.4. The van der Waals surface area contributed by atoms with Crippen molar-refractivity contribution in [3.8, 4) is 0 Å². The summed E-state index contributed by atoms with van der Waals surface area (Å²) in [6, 6.07) is 0. The van der Waals surface area contributed by atoms with Crippen LogP contribution in [0, 0.1) is 0 Å². The molecule has 0 amide bonds. The minimum atomic E-state index is -4.75. The number of rotatable bonds is 36. The van der Waals surface area contributed by atoms with Crippen LogP contribution in [0.4, 0.5) is 0 Å². The zero-order valence-electron chi connectivity index (χ0n) is 30.9. The van der Waals surface area contributed by atoms with E-state index in [-0.39, 0.29) is 19.4 Å². The lowest BCUT2D eigenvalue weighted by atomic mass is 10.1. The monoisotopic (exact) mass is 701 g/mol. The summed E-state index contributed by atoms with van der Waals surface area (Å²) in [4.78, 5) is 42.7. The zero-order chi connectivity index (χ0) is 35.4. The van der Waals surface area contributed by atoms with Gasteiger partial charge in [0.1, 0.15) is 6.61 Å². The predicted octanol–water partition coefficient (Wildman–Crippen LogP) is 11.6. The first-order chi connectivity index (χ1) is 23.3. The molecule has 0 saturated carbocycles. The Hall–Kier alpha value is -1.47. The maximum absolute atomic E-state index is 12.4. The fraction of sp³-hybridized carbons (Fsp3) is 0.846. The molecular formula is C39H73O8P. The Morgan fingerprint density at radius 1 is 0.521 bits per heavy atom. The first-order valence-electron chi connectivity index (χ1n) is 19.6. The lowest BCUT2D eigenvalue weighted by molar-refractivity contribution is -0.161. The molecule has 0 spiro atoms. The van der Waals surface area contributed by atoms with E-state index in [0.717, 1.165) is 38.5 Å². The van der Waals surface area contributed by atoms with Crippen LogP contribution < -0.4 is 0 Å². The van der Waals surface area contributed by atoms with E-state index in [1.165, 1.54) is 122 Å². The molecule has 0 aliphatic carbocycles. The van der Waals surface area contributed by atoms with Crippen molar-refractivity contribution < 1.29 is 37.9 Å². The molecule has 9 heteroatoms. The molecule has 0 saturated heterocycles. The summed E-state index contributed by atoms with van der Waals surface area (Å²) in [5, 5.41) is 0. The molecule has 0 fully saturated rings. The molecule has 8 nitrogen and oxygen atoms in total. The van der Waals surface area contributed by atoms with Gasteiger partial charge >= 0.3 is 19.8 Å². The number of carbonyl (C=O) groups is 2. The van der Waals surface area contributed by atoms with Gasteiger partial charge in [0, 0.05) is 12.8 Å². The number of hydrogen-bond donors (Lipinski definition) is 2. The van der Waals surface area contributed by atoms with Gasteiger partial charge in [0.2, 0.25) is 0 Å². The SMILES string of the molecule is CCCC/C=C/CCCCCCCCCCCC(=O)OC[C@H](COP(=O)(O)O)OC(=O)CCCC/C=C/CCCCCCCCCCC. The van der Waals surface area contributed by atoms with Crippen LogP contribution in [0.5, 0.6) is 0 Å².